The number of amides is 2. The van der Waals surface area contributed by atoms with Gasteiger partial charge in [0.1, 0.15) is 11.5 Å². The van der Waals surface area contributed by atoms with Gasteiger partial charge in [-0.1, -0.05) is 42.8 Å². The van der Waals surface area contributed by atoms with E-state index in [-0.39, 0.29) is 17.2 Å². The van der Waals surface area contributed by atoms with Crippen molar-refractivity contribution in [3.8, 4) is 11.5 Å². The summed E-state index contributed by atoms with van der Waals surface area (Å²) in [4.78, 5) is 29.9. The van der Waals surface area contributed by atoms with E-state index in [2.05, 4.69) is 18.2 Å². The molecule has 0 aromatic heterocycles. The van der Waals surface area contributed by atoms with E-state index in [1.807, 2.05) is 47.2 Å². The zero-order chi connectivity index (χ0) is 26.8. The van der Waals surface area contributed by atoms with Crippen molar-refractivity contribution < 1.29 is 19.1 Å². The second-order valence-corrected chi connectivity index (χ2v) is 11.1. The molecule has 4 rings (SSSR count). The molecule has 0 saturated carbocycles. The van der Waals surface area contributed by atoms with Gasteiger partial charge >= 0.3 is 0 Å². The highest BCUT2D eigenvalue weighted by Crippen LogP contribution is 2.38. The van der Waals surface area contributed by atoms with Gasteiger partial charge in [-0.15, -0.1) is 0 Å². The number of carbonyl (C=O) groups excluding carboxylic acids is 2. The van der Waals surface area contributed by atoms with Crippen LogP contribution in [-0.2, 0) is 22.4 Å². The van der Waals surface area contributed by atoms with Crippen molar-refractivity contribution in [2.45, 2.75) is 70.6 Å². The fourth-order valence-electron chi connectivity index (χ4n) is 6.07. The molecule has 2 amide bonds. The fraction of sp³-hybridized carbons (Fsp3) is 0.562. The molecule has 1 spiro atoms. The second-order valence-electron chi connectivity index (χ2n) is 11.1. The monoisotopic (exact) mass is 520 g/mol. The molecule has 2 aliphatic rings. The Balaban J connectivity index is 1.33. The number of likely N-dealkylation sites (tertiary alicyclic amines) is 1. The van der Waals surface area contributed by atoms with Crippen molar-refractivity contribution in [3.05, 3.63) is 59.7 Å². The van der Waals surface area contributed by atoms with E-state index in [4.69, 9.17) is 9.47 Å². The molecule has 0 atom stereocenters. The number of benzene rings is 2. The molecular weight excluding hydrogens is 476 g/mol. The van der Waals surface area contributed by atoms with Crippen molar-refractivity contribution >= 4 is 11.8 Å². The number of ether oxygens (including phenoxy) is 2. The second kappa shape index (κ2) is 13.7. The van der Waals surface area contributed by atoms with Gasteiger partial charge in [0.2, 0.25) is 11.8 Å². The van der Waals surface area contributed by atoms with Crippen LogP contribution in [-0.4, -0.2) is 62.0 Å². The summed E-state index contributed by atoms with van der Waals surface area (Å²) in [5.74, 6) is 2.28. The van der Waals surface area contributed by atoms with Gasteiger partial charge < -0.3 is 19.3 Å². The van der Waals surface area contributed by atoms with Crippen LogP contribution in [0.5, 0.6) is 11.5 Å². The van der Waals surface area contributed by atoms with E-state index in [0.717, 1.165) is 94.5 Å². The highest BCUT2D eigenvalue weighted by molar-refractivity contribution is 5.76. The largest absolute Gasteiger partial charge is 0.496 e. The van der Waals surface area contributed by atoms with Gasteiger partial charge in [0.05, 0.1) is 13.7 Å². The molecule has 206 valence electrons. The highest BCUT2D eigenvalue weighted by atomic mass is 16.5. The van der Waals surface area contributed by atoms with Gasteiger partial charge in [-0.2, -0.15) is 0 Å². The first-order valence-corrected chi connectivity index (χ1v) is 14.3. The molecule has 6 nitrogen and oxygen atoms in total. The lowest BCUT2D eigenvalue weighted by Crippen LogP contribution is -2.48. The topological polar surface area (TPSA) is 59.1 Å². The van der Waals surface area contributed by atoms with Crippen LogP contribution in [0.1, 0.15) is 68.9 Å². The van der Waals surface area contributed by atoms with E-state index in [9.17, 15) is 9.59 Å². The van der Waals surface area contributed by atoms with Gasteiger partial charge in [0.15, 0.2) is 0 Å². The number of aryl methyl sites for hydroxylation is 2. The highest BCUT2D eigenvalue weighted by Gasteiger charge is 2.37. The van der Waals surface area contributed by atoms with Crippen molar-refractivity contribution in [2.75, 3.05) is 40.4 Å². The number of nitrogens with zero attached hydrogens (tertiary/aromatic N) is 2. The predicted octanol–water partition coefficient (Wildman–Crippen LogP) is 5.67. The number of para-hydroxylation sites is 2. The third kappa shape index (κ3) is 7.52. The number of rotatable bonds is 5. The number of carbonyl (C=O) groups is 2. The summed E-state index contributed by atoms with van der Waals surface area (Å²) in [5, 5.41) is 0. The molecule has 6 heteroatoms. The van der Waals surface area contributed by atoms with Gasteiger partial charge in [0.25, 0.3) is 0 Å². The minimum Gasteiger partial charge on any atom is -0.496 e. The van der Waals surface area contributed by atoms with Crippen molar-refractivity contribution in [2.24, 2.45) is 5.41 Å². The molecule has 0 unspecified atom stereocenters. The minimum absolute atomic E-state index is 0.0821. The Hall–Kier alpha value is -3.02. The van der Waals surface area contributed by atoms with Gasteiger partial charge in [-0.25, -0.2) is 0 Å². The molecule has 2 heterocycles. The van der Waals surface area contributed by atoms with E-state index in [0.29, 0.717) is 19.4 Å². The van der Waals surface area contributed by atoms with Crippen LogP contribution in [0.3, 0.4) is 0 Å². The number of hydrogen-bond acceptors (Lipinski definition) is 4. The van der Waals surface area contributed by atoms with Crippen molar-refractivity contribution in [1.82, 2.24) is 9.80 Å². The Morgan fingerprint density at radius 1 is 0.974 bits per heavy atom. The number of methoxy groups -OCH3 is 1. The quantitative estimate of drug-likeness (QED) is 0.510. The Morgan fingerprint density at radius 3 is 2.55 bits per heavy atom. The zero-order valence-electron chi connectivity index (χ0n) is 23.3. The standard InChI is InChI=1S/C32H44N2O4/c1-33-25-32(19-8-7-13-27-12-4-6-16-29(27)38-24-10-18-30(33)35)20-22-34(23-21-32)31(36)17-9-14-26-11-3-5-15-28(26)37-2/h3-6,11-12,15-16H,7-10,13-14,17-25H2,1-2H3. The molecule has 2 aromatic carbocycles. The van der Waals surface area contributed by atoms with Gasteiger partial charge in [-0.3, -0.25) is 9.59 Å². The summed E-state index contributed by atoms with van der Waals surface area (Å²) in [7, 11) is 3.64. The summed E-state index contributed by atoms with van der Waals surface area (Å²) in [6.45, 7) is 2.91. The lowest BCUT2D eigenvalue weighted by Gasteiger charge is -2.44. The zero-order valence-corrected chi connectivity index (χ0v) is 23.3. The minimum atomic E-state index is 0.0821. The molecule has 38 heavy (non-hydrogen) atoms. The Bertz CT molecular complexity index is 1060. The summed E-state index contributed by atoms with van der Waals surface area (Å²) in [6.07, 6.45) is 9.69. The first-order chi connectivity index (χ1) is 18.5. The molecule has 0 bridgehead atoms. The lowest BCUT2D eigenvalue weighted by atomic mass is 9.73. The van der Waals surface area contributed by atoms with Crippen LogP contribution < -0.4 is 9.47 Å². The first-order valence-electron chi connectivity index (χ1n) is 14.3. The van der Waals surface area contributed by atoms with Crippen molar-refractivity contribution in [1.29, 1.82) is 0 Å². The maximum atomic E-state index is 13.0. The van der Waals surface area contributed by atoms with Crippen molar-refractivity contribution in [3.63, 3.8) is 0 Å². The Kier molecular flexibility index (Phi) is 10.1. The molecule has 2 aromatic rings. The van der Waals surface area contributed by atoms with Gasteiger partial charge in [0, 0.05) is 39.5 Å². The SMILES string of the molecule is COc1ccccc1CCCC(=O)N1CCC2(CCCCc3ccccc3OCCCC(=O)N(C)C2)CC1. The lowest BCUT2D eigenvalue weighted by molar-refractivity contribution is -0.136. The van der Waals surface area contributed by atoms with E-state index >= 15 is 0 Å². The van der Waals surface area contributed by atoms with E-state index in [1.165, 1.54) is 5.56 Å². The first kappa shape index (κ1) is 28.0. The predicted molar refractivity (Wildman–Crippen MR) is 151 cm³/mol. The molecule has 1 saturated heterocycles. The van der Waals surface area contributed by atoms with Crippen LogP contribution in [0.2, 0.25) is 0 Å². The average Bonchev–Trinajstić information content (AvgIpc) is 2.94. The van der Waals surface area contributed by atoms with Crippen LogP contribution in [0, 0.1) is 5.41 Å². The molecule has 1 fully saturated rings. The molecule has 2 aliphatic heterocycles. The van der Waals surface area contributed by atoms with Crippen LogP contribution >= 0.6 is 0 Å². The van der Waals surface area contributed by atoms with Gasteiger partial charge in [-0.05, 0) is 80.0 Å². The number of fused-ring (bicyclic) bond motifs is 1. The van der Waals surface area contributed by atoms with Crippen LogP contribution in [0.25, 0.3) is 0 Å². The summed E-state index contributed by atoms with van der Waals surface area (Å²) < 4.78 is 11.5. The smallest absolute Gasteiger partial charge is 0.222 e. The molecule has 0 aliphatic carbocycles. The summed E-state index contributed by atoms with van der Waals surface area (Å²) >= 11 is 0. The maximum absolute atomic E-state index is 13.0. The average molecular weight is 521 g/mol. The van der Waals surface area contributed by atoms with E-state index in [1.54, 1.807) is 7.11 Å². The third-order valence-corrected chi connectivity index (χ3v) is 8.37. The van der Waals surface area contributed by atoms with Crippen LogP contribution in [0.15, 0.2) is 48.5 Å². The van der Waals surface area contributed by atoms with E-state index < -0.39 is 0 Å². The molecular formula is C32H44N2O4. The normalized spacial score (nSPS) is 18.8. The molecule has 0 N–H and O–H groups in total. The Labute approximate surface area is 228 Å². The summed E-state index contributed by atoms with van der Waals surface area (Å²) in [5.41, 5.74) is 2.50. The number of piperidine rings is 1. The summed E-state index contributed by atoms with van der Waals surface area (Å²) in [6, 6.07) is 16.3. The third-order valence-electron chi connectivity index (χ3n) is 8.37. The molecule has 0 radical (unpaired) electrons. The Morgan fingerprint density at radius 2 is 1.74 bits per heavy atom. The van der Waals surface area contributed by atoms with Crippen LogP contribution in [0.4, 0.5) is 0 Å². The maximum Gasteiger partial charge on any atom is 0.222 e. The fourth-order valence-corrected chi connectivity index (χ4v) is 6.07. The number of hydrogen-bond donors (Lipinski definition) is 0.